The zero-order valence-corrected chi connectivity index (χ0v) is 12.7. The minimum Gasteiger partial charge on any atom is -0.369 e. The SMILES string of the molecule is Cc1cc(C)c2sc(N3CCC(C(N)=O)CC3)nc2c1. The Balaban J connectivity index is 1.85. The van der Waals surface area contributed by atoms with Gasteiger partial charge >= 0.3 is 0 Å². The van der Waals surface area contributed by atoms with Crippen LogP contribution in [-0.4, -0.2) is 24.0 Å². The lowest BCUT2D eigenvalue weighted by atomic mass is 9.97. The molecule has 3 rings (SSSR count). The Hall–Kier alpha value is -1.62. The van der Waals surface area contributed by atoms with E-state index in [1.807, 2.05) is 0 Å². The first-order chi connectivity index (χ1) is 9.54. The Labute approximate surface area is 122 Å². The van der Waals surface area contributed by atoms with E-state index < -0.39 is 0 Å². The number of aromatic nitrogens is 1. The van der Waals surface area contributed by atoms with Crippen LogP contribution >= 0.6 is 11.3 Å². The average molecular weight is 289 g/mol. The highest BCUT2D eigenvalue weighted by Crippen LogP contribution is 2.33. The largest absolute Gasteiger partial charge is 0.369 e. The zero-order chi connectivity index (χ0) is 14.3. The number of hydrogen-bond donors (Lipinski definition) is 1. The van der Waals surface area contributed by atoms with E-state index in [4.69, 9.17) is 10.7 Å². The van der Waals surface area contributed by atoms with Gasteiger partial charge in [0.25, 0.3) is 0 Å². The average Bonchev–Trinajstić information content (AvgIpc) is 2.83. The van der Waals surface area contributed by atoms with E-state index >= 15 is 0 Å². The van der Waals surface area contributed by atoms with Gasteiger partial charge in [-0.25, -0.2) is 4.98 Å². The second-order valence-electron chi connectivity index (χ2n) is 5.59. The first kappa shape index (κ1) is 13.4. The van der Waals surface area contributed by atoms with Crippen molar-refractivity contribution >= 4 is 32.6 Å². The molecule has 2 N–H and O–H groups in total. The molecule has 1 saturated heterocycles. The van der Waals surface area contributed by atoms with Crippen LogP contribution in [0.25, 0.3) is 10.2 Å². The molecule has 0 aliphatic carbocycles. The van der Waals surface area contributed by atoms with Gasteiger partial charge in [0, 0.05) is 19.0 Å². The molecule has 1 fully saturated rings. The highest BCUT2D eigenvalue weighted by Gasteiger charge is 2.24. The molecule has 1 aromatic heterocycles. The number of amides is 1. The number of anilines is 1. The number of piperidine rings is 1. The van der Waals surface area contributed by atoms with Crippen molar-refractivity contribution in [2.24, 2.45) is 11.7 Å². The molecule has 5 heteroatoms. The summed E-state index contributed by atoms with van der Waals surface area (Å²) in [6.45, 7) is 5.97. The summed E-state index contributed by atoms with van der Waals surface area (Å²) < 4.78 is 1.27. The first-order valence-electron chi connectivity index (χ1n) is 6.96. The normalized spacial score (nSPS) is 16.8. The number of hydrogen-bond acceptors (Lipinski definition) is 4. The second-order valence-corrected chi connectivity index (χ2v) is 6.57. The number of thiazole rings is 1. The zero-order valence-electron chi connectivity index (χ0n) is 11.8. The quantitative estimate of drug-likeness (QED) is 0.924. The number of primary amides is 1. The third kappa shape index (κ3) is 2.38. The van der Waals surface area contributed by atoms with Crippen molar-refractivity contribution < 1.29 is 4.79 Å². The van der Waals surface area contributed by atoms with Gasteiger partial charge in [0.2, 0.25) is 5.91 Å². The van der Waals surface area contributed by atoms with Gasteiger partial charge < -0.3 is 10.6 Å². The van der Waals surface area contributed by atoms with Gasteiger partial charge in [-0.05, 0) is 43.9 Å². The van der Waals surface area contributed by atoms with E-state index in [0.29, 0.717) is 0 Å². The molecule has 1 aliphatic heterocycles. The van der Waals surface area contributed by atoms with Gasteiger partial charge in [-0.2, -0.15) is 0 Å². The molecular weight excluding hydrogens is 270 g/mol. The van der Waals surface area contributed by atoms with Crippen LogP contribution in [0.2, 0.25) is 0 Å². The Morgan fingerprint density at radius 3 is 2.70 bits per heavy atom. The molecule has 0 spiro atoms. The lowest BCUT2D eigenvalue weighted by molar-refractivity contribution is -0.122. The first-order valence-corrected chi connectivity index (χ1v) is 7.78. The summed E-state index contributed by atoms with van der Waals surface area (Å²) in [6.07, 6.45) is 1.67. The van der Waals surface area contributed by atoms with Crippen LogP contribution in [0.1, 0.15) is 24.0 Å². The minimum absolute atomic E-state index is 0.0320. The van der Waals surface area contributed by atoms with Crippen molar-refractivity contribution in [3.63, 3.8) is 0 Å². The van der Waals surface area contributed by atoms with Crippen LogP contribution in [-0.2, 0) is 4.79 Å². The van der Waals surface area contributed by atoms with Crippen LogP contribution in [0, 0.1) is 19.8 Å². The Bertz CT molecular complexity index is 656. The van der Waals surface area contributed by atoms with E-state index in [2.05, 4.69) is 30.9 Å². The third-order valence-electron chi connectivity index (χ3n) is 3.98. The Kier molecular flexibility index (Phi) is 3.38. The lowest BCUT2D eigenvalue weighted by Gasteiger charge is -2.30. The number of fused-ring (bicyclic) bond motifs is 1. The van der Waals surface area contributed by atoms with Crippen molar-refractivity contribution in [3.8, 4) is 0 Å². The fraction of sp³-hybridized carbons (Fsp3) is 0.467. The predicted octanol–water partition coefficient (Wildman–Crippen LogP) is 2.61. The Morgan fingerprint density at radius 2 is 2.05 bits per heavy atom. The number of rotatable bonds is 2. The van der Waals surface area contributed by atoms with Crippen molar-refractivity contribution in [2.45, 2.75) is 26.7 Å². The molecule has 2 heterocycles. The maximum atomic E-state index is 11.2. The van der Waals surface area contributed by atoms with Gasteiger partial charge in [0.05, 0.1) is 10.2 Å². The van der Waals surface area contributed by atoms with Crippen LogP contribution in [0.15, 0.2) is 12.1 Å². The van der Waals surface area contributed by atoms with Crippen molar-refractivity contribution in [1.29, 1.82) is 0 Å². The summed E-state index contributed by atoms with van der Waals surface area (Å²) in [7, 11) is 0. The van der Waals surface area contributed by atoms with Crippen LogP contribution < -0.4 is 10.6 Å². The van der Waals surface area contributed by atoms with E-state index in [1.165, 1.54) is 15.8 Å². The number of nitrogens with zero attached hydrogens (tertiary/aromatic N) is 2. The smallest absolute Gasteiger partial charge is 0.220 e. The molecule has 0 radical (unpaired) electrons. The van der Waals surface area contributed by atoms with E-state index in [9.17, 15) is 4.79 Å². The highest BCUT2D eigenvalue weighted by atomic mass is 32.1. The van der Waals surface area contributed by atoms with E-state index in [1.54, 1.807) is 11.3 Å². The molecule has 106 valence electrons. The maximum Gasteiger partial charge on any atom is 0.220 e. The monoisotopic (exact) mass is 289 g/mol. The lowest BCUT2D eigenvalue weighted by Crippen LogP contribution is -2.38. The van der Waals surface area contributed by atoms with Crippen LogP contribution in [0.4, 0.5) is 5.13 Å². The topological polar surface area (TPSA) is 59.2 Å². The summed E-state index contributed by atoms with van der Waals surface area (Å²) in [5.41, 5.74) is 9.00. The number of carbonyl (C=O) groups excluding carboxylic acids is 1. The molecule has 0 bridgehead atoms. The van der Waals surface area contributed by atoms with Crippen molar-refractivity contribution in [3.05, 3.63) is 23.3 Å². The Morgan fingerprint density at radius 1 is 1.35 bits per heavy atom. The van der Waals surface area contributed by atoms with Crippen LogP contribution in [0.3, 0.4) is 0 Å². The number of nitrogens with two attached hydrogens (primary N) is 1. The van der Waals surface area contributed by atoms with Gasteiger partial charge in [-0.3, -0.25) is 4.79 Å². The summed E-state index contributed by atoms with van der Waals surface area (Å²) in [4.78, 5) is 18.2. The second kappa shape index (κ2) is 5.05. The summed E-state index contributed by atoms with van der Waals surface area (Å²) in [5, 5.41) is 1.07. The molecule has 0 saturated carbocycles. The molecule has 2 aromatic rings. The molecule has 0 unspecified atom stereocenters. The third-order valence-corrected chi connectivity index (χ3v) is 5.24. The number of carbonyl (C=O) groups is 1. The number of benzene rings is 1. The summed E-state index contributed by atoms with van der Waals surface area (Å²) in [6, 6.07) is 4.34. The minimum atomic E-state index is -0.166. The van der Waals surface area contributed by atoms with Crippen molar-refractivity contribution in [1.82, 2.24) is 4.98 Å². The molecule has 20 heavy (non-hydrogen) atoms. The summed E-state index contributed by atoms with van der Waals surface area (Å²) in [5.74, 6) is -0.134. The van der Waals surface area contributed by atoms with Crippen LogP contribution in [0.5, 0.6) is 0 Å². The standard InChI is InChI=1S/C15H19N3OS/c1-9-7-10(2)13-12(8-9)17-15(20-13)18-5-3-11(4-6-18)14(16)19/h7-8,11H,3-6H2,1-2H3,(H2,16,19). The molecule has 1 aromatic carbocycles. The molecule has 4 nitrogen and oxygen atoms in total. The molecule has 1 aliphatic rings. The molecule has 0 atom stereocenters. The van der Waals surface area contributed by atoms with E-state index in [-0.39, 0.29) is 11.8 Å². The van der Waals surface area contributed by atoms with Gasteiger partial charge in [-0.1, -0.05) is 17.4 Å². The molecule has 1 amide bonds. The van der Waals surface area contributed by atoms with Gasteiger partial charge in [-0.15, -0.1) is 0 Å². The van der Waals surface area contributed by atoms with Gasteiger partial charge in [0.15, 0.2) is 5.13 Å². The predicted molar refractivity (Wildman–Crippen MR) is 83.2 cm³/mol. The van der Waals surface area contributed by atoms with E-state index in [0.717, 1.165) is 36.6 Å². The van der Waals surface area contributed by atoms with Crippen molar-refractivity contribution in [2.75, 3.05) is 18.0 Å². The van der Waals surface area contributed by atoms with Gasteiger partial charge in [0.1, 0.15) is 0 Å². The fourth-order valence-electron chi connectivity index (χ4n) is 2.86. The maximum absolute atomic E-state index is 11.2. The highest BCUT2D eigenvalue weighted by molar-refractivity contribution is 7.22. The summed E-state index contributed by atoms with van der Waals surface area (Å²) >= 11 is 1.75. The fourth-order valence-corrected chi connectivity index (χ4v) is 3.92. The number of aryl methyl sites for hydroxylation is 2. The molecular formula is C15H19N3OS.